The molecular formula is C17H18N2. The molecule has 2 aromatic rings. The summed E-state index contributed by atoms with van der Waals surface area (Å²) in [5.74, 6) is 0. The number of benzene rings is 1. The third kappa shape index (κ3) is 2.26. The predicted octanol–water partition coefficient (Wildman–Crippen LogP) is 4.52. The van der Waals surface area contributed by atoms with Crippen LogP contribution in [0, 0.1) is 0 Å². The summed E-state index contributed by atoms with van der Waals surface area (Å²) in [5.41, 5.74) is 5.13. The number of rotatable bonds is 3. The molecule has 0 fully saturated rings. The van der Waals surface area contributed by atoms with Crippen LogP contribution in [-0.2, 0) is 0 Å². The number of aromatic nitrogens is 2. The van der Waals surface area contributed by atoms with Gasteiger partial charge < -0.3 is 0 Å². The quantitative estimate of drug-likeness (QED) is 0.783. The first-order chi connectivity index (χ1) is 9.40. The Kier molecular flexibility index (Phi) is 3.32. The van der Waals surface area contributed by atoms with E-state index in [4.69, 9.17) is 0 Å². The van der Waals surface area contributed by atoms with Crippen LogP contribution in [0.1, 0.15) is 26.2 Å². The maximum absolute atomic E-state index is 4.54. The van der Waals surface area contributed by atoms with E-state index in [0.717, 1.165) is 19.3 Å². The van der Waals surface area contributed by atoms with E-state index in [1.807, 2.05) is 12.3 Å². The molecule has 3 rings (SSSR count). The number of nitrogens with zero attached hydrogens (tertiary/aromatic N) is 2. The standard InChI is InChI=1S/C17H18N2/c1-2-14-8-6-7-11-16(14)19-17(12-13-18-19)15-9-4-3-5-10-15/h3-6,8-10,12-13H,2,7,11H2,1H3. The number of hydrogen-bond donors (Lipinski definition) is 0. The predicted molar refractivity (Wildman–Crippen MR) is 79.5 cm³/mol. The summed E-state index contributed by atoms with van der Waals surface area (Å²) in [7, 11) is 0. The Morgan fingerprint density at radius 3 is 2.79 bits per heavy atom. The first-order valence-electron chi connectivity index (χ1n) is 6.88. The summed E-state index contributed by atoms with van der Waals surface area (Å²) in [5, 5.41) is 4.54. The minimum atomic E-state index is 1.06. The smallest absolute Gasteiger partial charge is 0.0737 e. The van der Waals surface area contributed by atoms with Gasteiger partial charge in [-0.15, -0.1) is 0 Å². The maximum Gasteiger partial charge on any atom is 0.0737 e. The summed E-state index contributed by atoms with van der Waals surface area (Å²) < 4.78 is 2.11. The van der Waals surface area contributed by atoms with E-state index in [-0.39, 0.29) is 0 Å². The van der Waals surface area contributed by atoms with Gasteiger partial charge in [-0.25, -0.2) is 4.68 Å². The highest BCUT2D eigenvalue weighted by Gasteiger charge is 2.13. The fourth-order valence-electron chi connectivity index (χ4n) is 2.61. The van der Waals surface area contributed by atoms with Gasteiger partial charge in [-0.3, -0.25) is 0 Å². The molecule has 0 spiro atoms. The normalized spacial score (nSPS) is 15.0. The Balaban J connectivity index is 2.10. The van der Waals surface area contributed by atoms with E-state index < -0.39 is 0 Å². The zero-order valence-corrected chi connectivity index (χ0v) is 11.2. The lowest BCUT2D eigenvalue weighted by molar-refractivity contribution is 0.825. The van der Waals surface area contributed by atoms with Crippen molar-refractivity contribution in [3.8, 4) is 11.3 Å². The number of hydrogen-bond acceptors (Lipinski definition) is 1. The molecule has 1 aromatic carbocycles. The third-order valence-electron chi connectivity index (χ3n) is 3.59. The van der Waals surface area contributed by atoms with Crippen molar-refractivity contribution >= 4 is 5.70 Å². The molecule has 0 amide bonds. The van der Waals surface area contributed by atoms with E-state index >= 15 is 0 Å². The molecule has 1 aliphatic carbocycles. The van der Waals surface area contributed by atoms with Crippen LogP contribution < -0.4 is 0 Å². The molecule has 1 heterocycles. The molecule has 0 aliphatic heterocycles. The first kappa shape index (κ1) is 12.0. The molecule has 0 atom stereocenters. The minimum Gasteiger partial charge on any atom is -0.237 e. The van der Waals surface area contributed by atoms with Crippen LogP contribution in [0.25, 0.3) is 17.0 Å². The highest BCUT2D eigenvalue weighted by Crippen LogP contribution is 2.29. The highest BCUT2D eigenvalue weighted by molar-refractivity contribution is 5.67. The Bertz CT molecular complexity index is 618. The molecule has 0 unspecified atom stereocenters. The van der Waals surface area contributed by atoms with Crippen LogP contribution in [-0.4, -0.2) is 9.78 Å². The number of allylic oxidation sites excluding steroid dienone is 4. The molecule has 0 saturated heterocycles. The summed E-state index contributed by atoms with van der Waals surface area (Å²) in [6.07, 6.45) is 9.62. The van der Waals surface area contributed by atoms with Gasteiger partial charge in [0.25, 0.3) is 0 Å². The lowest BCUT2D eigenvalue weighted by atomic mass is 10.0. The zero-order valence-electron chi connectivity index (χ0n) is 11.2. The molecule has 96 valence electrons. The fourth-order valence-corrected chi connectivity index (χ4v) is 2.61. The van der Waals surface area contributed by atoms with E-state index in [9.17, 15) is 0 Å². The fraction of sp³-hybridized carbons (Fsp3) is 0.235. The molecule has 1 aromatic heterocycles. The minimum absolute atomic E-state index is 1.06. The van der Waals surface area contributed by atoms with Crippen LogP contribution in [0.3, 0.4) is 0 Å². The van der Waals surface area contributed by atoms with Crippen molar-refractivity contribution in [3.63, 3.8) is 0 Å². The average Bonchev–Trinajstić information content (AvgIpc) is 2.97. The second-order valence-corrected chi connectivity index (χ2v) is 4.76. The summed E-state index contributed by atoms with van der Waals surface area (Å²) >= 11 is 0. The van der Waals surface area contributed by atoms with Crippen LogP contribution in [0.4, 0.5) is 0 Å². The SMILES string of the molecule is CCC1=C(n2nccc2-c2ccccc2)CCC=C1. The summed E-state index contributed by atoms with van der Waals surface area (Å²) in [6.45, 7) is 2.21. The molecule has 0 saturated carbocycles. The van der Waals surface area contributed by atoms with E-state index in [1.165, 1.54) is 22.5 Å². The van der Waals surface area contributed by atoms with Gasteiger partial charge in [0.2, 0.25) is 0 Å². The second kappa shape index (κ2) is 5.27. The average molecular weight is 250 g/mol. The summed E-state index contributed by atoms with van der Waals surface area (Å²) in [6, 6.07) is 12.6. The van der Waals surface area contributed by atoms with Crippen LogP contribution >= 0.6 is 0 Å². The van der Waals surface area contributed by atoms with Crippen molar-refractivity contribution in [1.29, 1.82) is 0 Å². The van der Waals surface area contributed by atoms with Crippen LogP contribution in [0.5, 0.6) is 0 Å². The van der Waals surface area contributed by atoms with Gasteiger partial charge in [-0.1, -0.05) is 49.4 Å². The molecule has 2 heteroatoms. The first-order valence-corrected chi connectivity index (χ1v) is 6.88. The Hall–Kier alpha value is -2.09. The van der Waals surface area contributed by atoms with Gasteiger partial charge >= 0.3 is 0 Å². The largest absolute Gasteiger partial charge is 0.237 e. The van der Waals surface area contributed by atoms with E-state index in [0.29, 0.717) is 0 Å². The lowest BCUT2D eigenvalue weighted by Crippen LogP contribution is -2.06. The summed E-state index contributed by atoms with van der Waals surface area (Å²) in [4.78, 5) is 0. The van der Waals surface area contributed by atoms with Crippen molar-refractivity contribution in [2.24, 2.45) is 0 Å². The van der Waals surface area contributed by atoms with Crippen molar-refractivity contribution in [3.05, 3.63) is 60.3 Å². The van der Waals surface area contributed by atoms with Gasteiger partial charge in [0.05, 0.1) is 11.9 Å². The molecule has 0 N–H and O–H groups in total. The lowest BCUT2D eigenvalue weighted by Gasteiger charge is -2.17. The Morgan fingerprint density at radius 2 is 2.00 bits per heavy atom. The Labute approximate surface area is 114 Å². The van der Waals surface area contributed by atoms with Crippen LogP contribution in [0.2, 0.25) is 0 Å². The molecular weight excluding hydrogens is 232 g/mol. The molecule has 19 heavy (non-hydrogen) atoms. The van der Waals surface area contributed by atoms with E-state index in [1.54, 1.807) is 0 Å². The molecule has 1 aliphatic rings. The third-order valence-corrected chi connectivity index (χ3v) is 3.59. The van der Waals surface area contributed by atoms with Crippen molar-refractivity contribution < 1.29 is 0 Å². The molecule has 0 radical (unpaired) electrons. The van der Waals surface area contributed by atoms with Gasteiger partial charge in [0.15, 0.2) is 0 Å². The van der Waals surface area contributed by atoms with Crippen LogP contribution in [0.15, 0.2) is 60.3 Å². The second-order valence-electron chi connectivity index (χ2n) is 4.76. The monoisotopic (exact) mass is 250 g/mol. The topological polar surface area (TPSA) is 17.8 Å². The van der Waals surface area contributed by atoms with Crippen molar-refractivity contribution in [2.45, 2.75) is 26.2 Å². The maximum atomic E-state index is 4.54. The van der Waals surface area contributed by atoms with Gasteiger partial charge in [-0.2, -0.15) is 5.10 Å². The van der Waals surface area contributed by atoms with Gasteiger partial charge in [0, 0.05) is 11.3 Å². The highest BCUT2D eigenvalue weighted by atomic mass is 15.3. The van der Waals surface area contributed by atoms with Gasteiger partial charge in [0.1, 0.15) is 0 Å². The van der Waals surface area contributed by atoms with Crippen molar-refractivity contribution in [2.75, 3.05) is 0 Å². The van der Waals surface area contributed by atoms with Gasteiger partial charge in [-0.05, 0) is 30.9 Å². The Morgan fingerprint density at radius 1 is 1.16 bits per heavy atom. The zero-order chi connectivity index (χ0) is 13.1. The molecule has 0 bridgehead atoms. The molecule has 2 nitrogen and oxygen atoms in total. The van der Waals surface area contributed by atoms with Crippen molar-refractivity contribution in [1.82, 2.24) is 9.78 Å². The van der Waals surface area contributed by atoms with E-state index in [2.05, 4.69) is 59.2 Å².